The highest BCUT2D eigenvalue weighted by atomic mass is 32.1. The predicted octanol–water partition coefficient (Wildman–Crippen LogP) is -0.384. The summed E-state index contributed by atoms with van der Waals surface area (Å²) in [5, 5.41) is 3.90. The summed E-state index contributed by atoms with van der Waals surface area (Å²) in [5.74, 6) is -1.74. The van der Waals surface area contributed by atoms with Gasteiger partial charge in [0.05, 0.1) is 13.2 Å². The van der Waals surface area contributed by atoms with E-state index in [1.54, 1.807) is 12.3 Å². The summed E-state index contributed by atoms with van der Waals surface area (Å²) in [6, 6.07) is 0. The fourth-order valence-electron chi connectivity index (χ4n) is 0.845. The van der Waals surface area contributed by atoms with Crippen LogP contribution in [0.1, 0.15) is 12.6 Å². The first kappa shape index (κ1) is 11.4. The summed E-state index contributed by atoms with van der Waals surface area (Å²) in [6.07, 6.45) is 0. The fraction of sp³-hybridized carbons (Fsp3) is 0.375. The third-order valence-electron chi connectivity index (χ3n) is 1.47. The first-order chi connectivity index (χ1) is 7.13. The van der Waals surface area contributed by atoms with Crippen LogP contribution in [-0.4, -0.2) is 23.5 Å². The Kier molecular flexibility index (Phi) is 4.04. The van der Waals surface area contributed by atoms with Crippen molar-refractivity contribution in [1.29, 1.82) is 0 Å². The molecule has 6 nitrogen and oxygen atoms in total. The van der Waals surface area contributed by atoms with Crippen LogP contribution in [0.4, 0.5) is 0 Å². The van der Waals surface area contributed by atoms with Crippen LogP contribution in [0.2, 0.25) is 0 Å². The maximum atomic E-state index is 11.0. The molecular weight excluding hydrogens is 220 g/mol. The van der Waals surface area contributed by atoms with E-state index < -0.39 is 11.9 Å². The number of ether oxygens (including phenoxy) is 1. The highest BCUT2D eigenvalue weighted by Crippen LogP contribution is 1.94. The van der Waals surface area contributed by atoms with Crippen molar-refractivity contribution in [3.05, 3.63) is 20.7 Å². The zero-order valence-corrected chi connectivity index (χ0v) is 8.85. The summed E-state index contributed by atoms with van der Waals surface area (Å²) in [7, 11) is 0. The van der Waals surface area contributed by atoms with E-state index in [4.69, 9.17) is 0 Å². The monoisotopic (exact) mass is 230 g/mol. The second-order valence-electron chi connectivity index (χ2n) is 2.58. The van der Waals surface area contributed by atoms with Crippen LogP contribution in [0.25, 0.3) is 0 Å². The van der Waals surface area contributed by atoms with E-state index >= 15 is 0 Å². The van der Waals surface area contributed by atoms with Gasteiger partial charge in [0.15, 0.2) is 0 Å². The Balaban J connectivity index is 2.40. The van der Waals surface area contributed by atoms with Crippen molar-refractivity contribution in [3.8, 4) is 0 Å². The van der Waals surface area contributed by atoms with Gasteiger partial charge in [0, 0.05) is 11.1 Å². The molecule has 1 aromatic rings. The third kappa shape index (κ3) is 3.55. The lowest BCUT2D eigenvalue weighted by Gasteiger charge is -2.02. The van der Waals surface area contributed by atoms with E-state index in [1.165, 1.54) is 0 Å². The number of carbonyl (C=O) groups excluding carboxylic acids is 2. The molecule has 7 heteroatoms. The van der Waals surface area contributed by atoms with Gasteiger partial charge in [-0.3, -0.25) is 9.59 Å². The Bertz CT molecular complexity index is 409. The SMILES string of the molecule is CCOC(=O)C(=O)NCc1csc(=O)[nH]1. The molecule has 1 rings (SSSR count). The number of hydrogen-bond acceptors (Lipinski definition) is 5. The summed E-state index contributed by atoms with van der Waals surface area (Å²) in [6.45, 7) is 1.87. The number of nitrogens with one attached hydrogen (secondary N) is 2. The lowest BCUT2D eigenvalue weighted by atomic mass is 10.4. The van der Waals surface area contributed by atoms with Gasteiger partial charge in [0.2, 0.25) is 0 Å². The number of H-pyrrole nitrogens is 1. The molecular formula is C8H10N2O4S. The average molecular weight is 230 g/mol. The molecule has 0 aromatic carbocycles. The molecule has 15 heavy (non-hydrogen) atoms. The number of aromatic amines is 1. The van der Waals surface area contributed by atoms with Crippen molar-refractivity contribution in [2.45, 2.75) is 13.5 Å². The van der Waals surface area contributed by atoms with Gasteiger partial charge in [-0.05, 0) is 6.92 Å². The number of rotatable bonds is 3. The summed E-state index contributed by atoms with van der Waals surface area (Å²) in [5.41, 5.74) is 0.558. The molecule has 0 bridgehead atoms. The molecule has 0 aliphatic heterocycles. The minimum Gasteiger partial charge on any atom is -0.459 e. The Morgan fingerprint density at radius 2 is 2.33 bits per heavy atom. The van der Waals surface area contributed by atoms with Crippen LogP contribution in [0.3, 0.4) is 0 Å². The van der Waals surface area contributed by atoms with Gasteiger partial charge in [-0.15, -0.1) is 0 Å². The number of amides is 1. The quantitative estimate of drug-likeness (QED) is 0.547. The van der Waals surface area contributed by atoms with Crippen molar-refractivity contribution in [2.24, 2.45) is 0 Å². The molecule has 2 N–H and O–H groups in total. The Morgan fingerprint density at radius 3 is 2.87 bits per heavy atom. The van der Waals surface area contributed by atoms with Crippen LogP contribution >= 0.6 is 11.3 Å². The molecule has 82 valence electrons. The number of esters is 1. The van der Waals surface area contributed by atoms with Gasteiger partial charge < -0.3 is 15.0 Å². The molecule has 1 amide bonds. The molecule has 0 spiro atoms. The van der Waals surface area contributed by atoms with E-state index in [1.807, 2.05) is 0 Å². The molecule has 1 heterocycles. The molecule has 0 aliphatic rings. The van der Waals surface area contributed by atoms with Crippen LogP contribution in [0, 0.1) is 0 Å². The largest absolute Gasteiger partial charge is 0.459 e. The van der Waals surface area contributed by atoms with Gasteiger partial charge in [0.1, 0.15) is 0 Å². The maximum absolute atomic E-state index is 11.0. The van der Waals surface area contributed by atoms with Crippen LogP contribution in [-0.2, 0) is 20.9 Å². The summed E-state index contributed by atoms with van der Waals surface area (Å²) >= 11 is 0.996. The van der Waals surface area contributed by atoms with Gasteiger partial charge in [-0.25, -0.2) is 4.79 Å². The highest BCUT2D eigenvalue weighted by Gasteiger charge is 2.13. The van der Waals surface area contributed by atoms with Gasteiger partial charge >= 0.3 is 16.7 Å². The normalized spacial score (nSPS) is 9.67. The third-order valence-corrected chi connectivity index (χ3v) is 2.19. The van der Waals surface area contributed by atoms with Crippen LogP contribution in [0.15, 0.2) is 10.2 Å². The average Bonchev–Trinajstić information content (AvgIpc) is 2.61. The van der Waals surface area contributed by atoms with E-state index in [0.717, 1.165) is 11.3 Å². The lowest BCUT2D eigenvalue weighted by Crippen LogP contribution is -2.32. The molecule has 0 saturated heterocycles. The standard InChI is InChI=1S/C8H10N2O4S/c1-2-14-7(12)6(11)9-3-5-4-15-8(13)10-5/h4H,2-3H2,1H3,(H,9,11)(H,10,13). The van der Waals surface area contributed by atoms with Gasteiger partial charge in [-0.2, -0.15) is 0 Å². The molecule has 0 unspecified atom stereocenters. The topological polar surface area (TPSA) is 88.3 Å². The second kappa shape index (κ2) is 5.30. The number of thiazole rings is 1. The summed E-state index contributed by atoms with van der Waals surface area (Å²) < 4.78 is 4.48. The second-order valence-corrected chi connectivity index (χ2v) is 3.42. The molecule has 0 aliphatic carbocycles. The Labute approximate surface area is 89.3 Å². The van der Waals surface area contributed by atoms with Gasteiger partial charge in [0.25, 0.3) is 0 Å². The van der Waals surface area contributed by atoms with E-state index in [2.05, 4.69) is 15.0 Å². The van der Waals surface area contributed by atoms with Crippen molar-refractivity contribution in [2.75, 3.05) is 6.61 Å². The zero-order valence-electron chi connectivity index (χ0n) is 8.03. The molecule has 0 atom stereocenters. The lowest BCUT2D eigenvalue weighted by molar-refractivity contribution is -0.154. The summed E-state index contributed by atoms with van der Waals surface area (Å²) in [4.78, 5) is 34.9. The smallest absolute Gasteiger partial charge is 0.396 e. The van der Waals surface area contributed by atoms with E-state index in [0.29, 0.717) is 5.69 Å². The Morgan fingerprint density at radius 1 is 1.60 bits per heavy atom. The number of carbonyl (C=O) groups is 2. The predicted molar refractivity (Wildman–Crippen MR) is 53.4 cm³/mol. The molecule has 0 radical (unpaired) electrons. The fourth-order valence-corrected chi connectivity index (χ4v) is 1.43. The number of aromatic nitrogens is 1. The minimum atomic E-state index is -0.921. The molecule has 0 fully saturated rings. The van der Waals surface area contributed by atoms with E-state index in [-0.39, 0.29) is 18.0 Å². The zero-order chi connectivity index (χ0) is 11.3. The number of hydrogen-bond donors (Lipinski definition) is 2. The molecule has 1 aromatic heterocycles. The van der Waals surface area contributed by atoms with Crippen LogP contribution < -0.4 is 10.2 Å². The van der Waals surface area contributed by atoms with Crippen molar-refractivity contribution >= 4 is 23.2 Å². The van der Waals surface area contributed by atoms with Crippen LogP contribution in [0.5, 0.6) is 0 Å². The van der Waals surface area contributed by atoms with Crippen molar-refractivity contribution in [1.82, 2.24) is 10.3 Å². The Hall–Kier alpha value is -1.63. The van der Waals surface area contributed by atoms with Gasteiger partial charge in [-0.1, -0.05) is 11.3 Å². The first-order valence-electron chi connectivity index (χ1n) is 4.25. The molecule has 0 saturated carbocycles. The maximum Gasteiger partial charge on any atom is 0.396 e. The van der Waals surface area contributed by atoms with Crippen molar-refractivity contribution < 1.29 is 14.3 Å². The van der Waals surface area contributed by atoms with E-state index in [9.17, 15) is 14.4 Å². The first-order valence-corrected chi connectivity index (χ1v) is 5.13. The van der Waals surface area contributed by atoms with Crippen molar-refractivity contribution in [3.63, 3.8) is 0 Å². The highest BCUT2D eigenvalue weighted by molar-refractivity contribution is 7.07. The minimum absolute atomic E-state index is 0.108.